The van der Waals surface area contributed by atoms with Gasteiger partial charge in [0.05, 0.1) is 12.6 Å². The van der Waals surface area contributed by atoms with E-state index in [1.807, 2.05) is 19.1 Å². The molecule has 5 heteroatoms. The molecule has 1 aromatic carbocycles. The fourth-order valence-electron chi connectivity index (χ4n) is 1.85. The maximum atomic E-state index is 11.7. The molecule has 3 N–H and O–H groups in total. The van der Waals surface area contributed by atoms with E-state index in [1.54, 1.807) is 12.1 Å². The highest BCUT2D eigenvalue weighted by Gasteiger charge is 2.17. The first kappa shape index (κ1) is 17.2. The molecule has 21 heavy (non-hydrogen) atoms. The molecule has 116 valence electrons. The van der Waals surface area contributed by atoms with Crippen molar-refractivity contribution in [2.24, 2.45) is 0 Å². The minimum Gasteiger partial charge on any atom is -0.394 e. The molecule has 0 spiro atoms. The Kier molecular flexibility index (Phi) is 7.46. The molecular weight excluding hydrogens is 268 g/mol. The third-order valence-electron chi connectivity index (χ3n) is 3.29. The minimum atomic E-state index is -0.731. The molecule has 0 saturated heterocycles. The number of aliphatic hydroxyl groups is 1. The Morgan fingerprint density at radius 2 is 1.81 bits per heavy atom. The first-order chi connectivity index (χ1) is 10.1. The van der Waals surface area contributed by atoms with Crippen molar-refractivity contribution in [2.45, 2.75) is 45.6 Å². The van der Waals surface area contributed by atoms with Gasteiger partial charge in [0.1, 0.15) is 0 Å². The zero-order chi connectivity index (χ0) is 15.7. The number of carbonyl (C=O) groups excluding carboxylic acids is 2. The van der Waals surface area contributed by atoms with Crippen molar-refractivity contribution in [3.63, 3.8) is 0 Å². The molecule has 0 aliphatic heterocycles. The van der Waals surface area contributed by atoms with Gasteiger partial charge in [-0.3, -0.25) is 9.59 Å². The van der Waals surface area contributed by atoms with Gasteiger partial charge in [0, 0.05) is 5.69 Å². The molecule has 0 aliphatic carbocycles. The Hall–Kier alpha value is -1.88. The van der Waals surface area contributed by atoms with E-state index in [4.69, 9.17) is 5.11 Å². The lowest BCUT2D eigenvalue weighted by molar-refractivity contribution is -0.136. The summed E-state index contributed by atoms with van der Waals surface area (Å²) in [5.41, 5.74) is 1.80. The number of aryl methyl sites for hydroxylation is 1. The van der Waals surface area contributed by atoms with Gasteiger partial charge >= 0.3 is 11.8 Å². The fraction of sp³-hybridized carbons (Fsp3) is 0.500. The zero-order valence-electron chi connectivity index (χ0n) is 12.7. The fourth-order valence-corrected chi connectivity index (χ4v) is 1.85. The average Bonchev–Trinajstić information content (AvgIpc) is 2.51. The number of carbonyl (C=O) groups is 2. The Balaban J connectivity index is 2.52. The van der Waals surface area contributed by atoms with Crippen molar-refractivity contribution in [2.75, 3.05) is 11.9 Å². The second kappa shape index (κ2) is 9.13. The average molecular weight is 292 g/mol. The Labute approximate surface area is 125 Å². The number of anilines is 1. The Morgan fingerprint density at radius 1 is 1.14 bits per heavy atom. The van der Waals surface area contributed by atoms with Crippen LogP contribution in [0.25, 0.3) is 0 Å². The lowest BCUT2D eigenvalue weighted by Crippen LogP contribution is -2.43. The number of hydrogen-bond acceptors (Lipinski definition) is 3. The smallest absolute Gasteiger partial charge is 0.313 e. The molecule has 0 heterocycles. The van der Waals surface area contributed by atoms with Crippen LogP contribution >= 0.6 is 0 Å². The SMILES string of the molecule is CCCCc1ccc(NC(=O)C(=O)NC(CC)CO)cc1. The van der Waals surface area contributed by atoms with E-state index in [9.17, 15) is 9.59 Å². The van der Waals surface area contributed by atoms with Crippen LogP contribution in [-0.2, 0) is 16.0 Å². The first-order valence-electron chi connectivity index (χ1n) is 7.42. The minimum absolute atomic E-state index is 0.179. The molecule has 0 radical (unpaired) electrons. The maximum absolute atomic E-state index is 11.7. The van der Waals surface area contributed by atoms with Gasteiger partial charge in [0.2, 0.25) is 0 Å². The number of aliphatic hydroxyl groups excluding tert-OH is 1. The molecule has 1 rings (SSSR count). The summed E-state index contributed by atoms with van der Waals surface area (Å²) in [4.78, 5) is 23.4. The predicted octanol–water partition coefficient (Wildman–Crippen LogP) is 1.85. The van der Waals surface area contributed by atoms with Crippen LogP contribution in [0.2, 0.25) is 0 Å². The van der Waals surface area contributed by atoms with Crippen LogP contribution in [0.1, 0.15) is 38.7 Å². The van der Waals surface area contributed by atoms with Crippen LogP contribution in [0.15, 0.2) is 24.3 Å². The highest BCUT2D eigenvalue weighted by Crippen LogP contribution is 2.11. The standard InChI is InChI=1S/C16H24N2O3/c1-3-5-6-12-7-9-14(10-8-12)18-16(21)15(20)17-13(4-2)11-19/h7-10,13,19H,3-6,11H2,1-2H3,(H,17,20)(H,18,21). The van der Waals surface area contributed by atoms with Crippen LogP contribution in [0.4, 0.5) is 5.69 Å². The zero-order valence-corrected chi connectivity index (χ0v) is 12.7. The molecule has 0 aromatic heterocycles. The summed E-state index contributed by atoms with van der Waals surface area (Å²) in [5.74, 6) is -1.45. The van der Waals surface area contributed by atoms with Crippen LogP contribution in [0.5, 0.6) is 0 Å². The van der Waals surface area contributed by atoms with Gasteiger partial charge < -0.3 is 15.7 Å². The Morgan fingerprint density at radius 3 is 2.33 bits per heavy atom. The molecule has 0 bridgehead atoms. The summed E-state index contributed by atoms with van der Waals surface area (Å²) in [7, 11) is 0. The number of amides is 2. The van der Waals surface area contributed by atoms with E-state index >= 15 is 0 Å². The molecule has 5 nitrogen and oxygen atoms in total. The second-order valence-electron chi connectivity index (χ2n) is 5.02. The van der Waals surface area contributed by atoms with Crippen molar-refractivity contribution < 1.29 is 14.7 Å². The third kappa shape index (κ3) is 5.95. The summed E-state index contributed by atoms with van der Waals surface area (Å²) < 4.78 is 0. The van der Waals surface area contributed by atoms with Crippen LogP contribution in [-0.4, -0.2) is 29.6 Å². The highest BCUT2D eigenvalue weighted by molar-refractivity contribution is 6.39. The van der Waals surface area contributed by atoms with Crippen molar-refractivity contribution in [1.82, 2.24) is 5.32 Å². The normalized spacial score (nSPS) is 11.8. The topological polar surface area (TPSA) is 78.4 Å². The number of unbranched alkanes of at least 4 members (excludes halogenated alkanes) is 1. The van der Waals surface area contributed by atoms with Crippen molar-refractivity contribution in [1.29, 1.82) is 0 Å². The van der Waals surface area contributed by atoms with E-state index in [0.717, 1.165) is 19.3 Å². The summed E-state index contributed by atoms with van der Waals surface area (Å²) in [6.07, 6.45) is 3.86. The van der Waals surface area contributed by atoms with Gasteiger partial charge in [-0.25, -0.2) is 0 Å². The van der Waals surface area contributed by atoms with E-state index in [1.165, 1.54) is 5.56 Å². The maximum Gasteiger partial charge on any atom is 0.313 e. The Bertz CT molecular complexity index is 453. The van der Waals surface area contributed by atoms with Crippen molar-refractivity contribution in [3.8, 4) is 0 Å². The van der Waals surface area contributed by atoms with E-state index < -0.39 is 11.8 Å². The van der Waals surface area contributed by atoms with E-state index in [0.29, 0.717) is 12.1 Å². The number of rotatable bonds is 7. The monoisotopic (exact) mass is 292 g/mol. The van der Waals surface area contributed by atoms with E-state index in [2.05, 4.69) is 17.6 Å². The third-order valence-corrected chi connectivity index (χ3v) is 3.29. The molecule has 2 amide bonds. The summed E-state index contributed by atoms with van der Waals surface area (Å²) in [6, 6.07) is 7.09. The van der Waals surface area contributed by atoms with Gasteiger partial charge in [0.15, 0.2) is 0 Å². The molecule has 1 unspecified atom stereocenters. The van der Waals surface area contributed by atoms with Gasteiger partial charge in [-0.1, -0.05) is 32.4 Å². The molecule has 1 aromatic rings. The molecule has 0 fully saturated rings. The number of nitrogens with one attached hydrogen (secondary N) is 2. The number of hydrogen-bond donors (Lipinski definition) is 3. The van der Waals surface area contributed by atoms with Gasteiger partial charge in [-0.2, -0.15) is 0 Å². The quantitative estimate of drug-likeness (QED) is 0.671. The van der Waals surface area contributed by atoms with Gasteiger partial charge in [-0.05, 0) is 37.0 Å². The largest absolute Gasteiger partial charge is 0.394 e. The predicted molar refractivity (Wildman–Crippen MR) is 83.0 cm³/mol. The van der Waals surface area contributed by atoms with Crippen LogP contribution in [0.3, 0.4) is 0 Å². The van der Waals surface area contributed by atoms with Crippen molar-refractivity contribution >= 4 is 17.5 Å². The lowest BCUT2D eigenvalue weighted by atomic mass is 10.1. The lowest BCUT2D eigenvalue weighted by Gasteiger charge is -2.13. The molecule has 0 saturated carbocycles. The summed E-state index contributed by atoms with van der Waals surface area (Å²) >= 11 is 0. The summed E-state index contributed by atoms with van der Waals surface area (Å²) in [5, 5.41) is 14.0. The van der Waals surface area contributed by atoms with Crippen LogP contribution in [0, 0.1) is 0 Å². The van der Waals surface area contributed by atoms with Crippen LogP contribution < -0.4 is 10.6 Å². The highest BCUT2D eigenvalue weighted by atomic mass is 16.3. The second-order valence-corrected chi connectivity index (χ2v) is 5.02. The number of benzene rings is 1. The molecular formula is C16H24N2O3. The van der Waals surface area contributed by atoms with Gasteiger partial charge in [0.25, 0.3) is 0 Å². The van der Waals surface area contributed by atoms with Crippen molar-refractivity contribution in [3.05, 3.63) is 29.8 Å². The van der Waals surface area contributed by atoms with Gasteiger partial charge in [-0.15, -0.1) is 0 Å². The first-order valence-corrected chi connectivity index (χ1v) is 7.42. The summed E-state index contributed by atoms with van der Waals surface area (Å²) in [6.45, 7) is 3.79. The van der Waals surface area contributed by atoms with E-state index in [-0.39, 0.29) is 12.6 Å². The molecule has 1 atom stereocenters. The molecule has 0 aliphatic rings.